The van der Waals surface area contributed by atoms with Gasteiger partial charge in [-0.2, -0.15) is 0 Å². The van der Waals surface area contributed by atoms with Gasteiger partial charge in [0.25, 0.3) is 0 Å². The average Bonchev–Trinajstić information content (AvgIpc) is 2.58. The maximum absolute atomic E-state index is 5.33. The summed E-state index contributed by atoms with van der Waals surface area (Å²) in [5, 5.41) is 2.13. The second kappa shape index (κ2) is 4.34. The third kappa shape index (κ3) is 2.06. The van der Waals surface area contributed by atoms with Crippen LogP contribution in [0.4, 0.5) is 5.95 Å². The van der Waals surface area contributed by atoms with Gasteiger partial charge in [0.05, 0.1) is 0 Å². The first-order chi connectivity index (χ1) is 7.24. The van der Waals surface area contributed by atoms with Crippen LogP contribution < -0.4 is 11.3 Å². The molecule has 0 fully saturated rings. The zero-order chi connectivity index (χ0) is 10.8. The summed E-state index contributed by atoms with van der Waals surface area (Å²) in [5.41, 5.74) is 2.50. The number of nitrogens with one attached hydrogen (secondary N) is 1. The molecule has 0 aromatic carbocycles. The van der Waals surface area contributed by atoms with Crippen molar-refractivity contribution >= 4 is 39.3 Å². The molecule has 0 radical (unpaired) electrons. The van der Waals surface area contributed by atoms with Gasteiger partial charge in [0, 0.05) is 10.3 Å². The molecule has 0 aliphatic heterocycles. The molecule has 0 amide bonds. The number of anilines is 1. The van der Waals surface area contributed by atoms with Gasteiger partial charge in [-0.25, -0.2) is 15.8 Å². The maximum atomic E-state index is 5.33. The topological polar surface area (TPSA) is 63.8 Å². The normalized spacial score (nSPS) is 10.9. The lowest BCUT2D eigenvalue weighted by Gasteiger charge is -2.02. The Bertz CT molecular complexity index is 480. The van der Waals surface area contributed by atoms with Gasteiger partial charge < -0.3 is 0 Å². The second-order valence-electron chi connectivity index (χ2n) is 3.01. The Balaban J connectivity index is 2.62. The number of thioether (sulfide) groups is 1. The highest BCUT2D eigenvalue weighted by atomic mass is 32.2. The first kappa shape index (κ1) is 10.7. The highest BCUT2D eigenvalue weighted by Gasteiger charge is 2.09. The van der Waals surface area contributed by atoms with Crippen molar-refractivity contribution in [2.24, 2.45) is 5.84 Å². The molecule has 6 heteroatoms. The second-order valence-corrected chi connectivity index (χ2v) is 5.49. The predicted octanol–water partition coefficient (Wildman–Crippen LogP) is 2.40. The van der Waals surface area contributed by atoms with Crippen molar-refractivity contribution in [1.82, 2.24) is 9.97 Å². The zero-order valence-corrected chi connectivity index (χ0v) is 10.2. The van der Waals surface area contributed by atoms with Crippen molar-refractivity contribution in [2.45, 2.75) is 18.9 Å². The summed E-state index contributed by atoms with van der Waals surface area (Å²) < 4.78 is 0. The van der Waals surface area contributed by atoms with Crippen molar-refractivity contribution in [3.63, 3.8) is 0 Å². The average molecular weight is 240 g/mol. The molecule has 2 aromatic heterocycles. The Morgan fingerprint density at radius 2 is 2.33 bits per heavy atom. The van der Waals surface area contributed by atoms with E-state index < -0.39 is 0 Å². The first-order valence-electron chi connectivity index (χ1n) is 4.62. The molecule has 0 aliphatic carbocycles. The summed E-state index contributed by atoms with van der Waals surface area (Å²) in [4.78, 5) is 10.9. The molecular formula is C9H12N4S2. The Labute approximate surface area is 96.3 Å². The molecule has 2 heterocycles. The van der Waals surface area contributed by atoms with Gasteiger partial charge in [-0.05, 0) is 18.7 Å². The number of hydrogen-bond acceptors (Lipinski definition) is 6. The van der Waals surface area contributed by atoms with Gasteiger partial charge in [-0.3, -0.25) is 5.43 Å². The highest BCUT2D eigenvalue weighted by molar-refractivity contribution is 7.99. The van der Waals surface area contributed by atoms with Gasteiger partial charge in [-0.1, -0.05) is 6.92 Å². The van der Waals surface area contributed by atoms with Crippen molar-refractivity contribution in [1.29, 1.82) is 0 Å². The van der Waals surface area contributed by atoms with E-state index in [0.717, 1.165) is 21.0 Å². The predicted molar refractivity (Wildman–Crippen MR) is 66.4 cm³/mol. The monoisotopic (exact) mass is 240 g/mol. The van der Waals surface area contributed by atoms with Crippen molar-refractivity contribution in [2.75, 3.05) is 11.2 Å². The van der Waals surface area contributed by atoms with Crippen molar-refractivity contribution < 1.29 is 0 Å². The number of aryl methyl sites for hydroxylation is 1. The number of nitrogens with zero attached hydrogens (tertiary/aromatic N) is 2. The van der Waals surface area contributed by atoms with Gasteiger partial charge in [0.1, 0.15) is 9.86 Å². The molecule has 0 spiro atoms. The Morgan fingerprint density at radius 1 is 1.53 bits per heavy atom. The lowest BCUT2D eigenvalue weighted by molar-refractivity contribution is 1.08. The van der Waals surface area contributed by atoms with E-state index >= 15 is 0 Å². The summed E-state index contributed by atoms with van der Waals surface area (Å²) in [7, 11) is 0. The van der Waals surface area contributed by atoms with Crippen LogP contribution in [0.25, 0.3) is 10.2 Å². The minimum atomic E-state index is 0.486. The SMILES string of the molecule is CCSc1nc(NN)nc2sc(C)cc12. The van der Waals surface area contributed by atoms with Crippen LogP contribution in [0.2, 0.25) is 0 Å². The molecule has 0 unspecified atom stereocenters. The lowest BCUT2D eigenvalue weighted by atomic mass is 10.4. The van der Waals surface area contributed by atoms with Gasteiger partial charge in [0.15, 0.2) is 0 Å². The standard InChI is InChI=1S/C9H12N4S2/c1-3-14-7-6-4-5(2)15-8(6)12-9(11-7)13-10/h4H,3,10H2,1-2H3,(H,11,12,13). The van der Waals surface area contributed by atoms with Crippen LogP contribution in [-0.2, 0) is 0 Å². The zero-order valence-electron chi connectivity index (χ0n) is 8.57. The molecule has 15 heavy (non-hydrogen) atoms. The number of fused-ring (bicyclic) bond motifs is 1. The summed E-state index contributed by atoms with van der Waals surface area (Å²) in [5.74, 6) is 6.81. The van der Waals surface area contributed by atoms with Gasteiger partial charge in [-0.15, -0.1) is 23.1 Å². The van der Waals surface area contributed by atoms with E-state index in [1.165, 1.54) is 4.88 Å². The molecule has 0 saturated carbocycles. The minimum absolute atomic E-state index is 0.486. The number of rotatable bonds is 3. The van der Waals surface area contributed by atoms with E-state index in [4.69, 9.17) is 5.84 Å². The fourth-order valence-corrected chi connectivity index (χ4v) is 3.01. The van der Waals surface area contributed by atoms with Crippen LogP contribution in [0.3, 0.4) is 0 Å². The summed E-state index contributed by atoms with van der Waals surface area (Å²) in [6.45, 7) is 4.18. The maximum Gasteiger partial charge on any atom is 0.239 e. The third-order valence-electron chi connectivity index (χ3n) is 1.89. The molecule has 4 nitrogen and oxygen atoms in total. The fourth-order valence-electron chi connectivity index (χ4n) is 1.33. The molecule has 0 saturated heterocycles. The van der Waals surface area contributed by atoms with E-state index in [2.05, 4.69) is 35.3 Å². The number of thiophene rings is 1. The van der Waals surface area contributed by atoms with Crippen LogP contribution in [-0.4, -0.2) is 15.7 Å². The van der Waals surface area contributed by atoms with Crippen LogP contribution in [0.15, 0.2) is 11.1 Å². The molecule has 2 aromatic rings. The number of hydrazine groups is 1. The van der Waals surface area contributed by atoms with Crippen LogP contribution >= 0.6 is 23.1 Å². The van der Waals surface area contributed by atoms with E-state index in [1.807, 2.05) is 0 Å². The van der Waals surface area contributed by atoms with Gasteiger partial charge >= 0.3 is 0 Å². The molecule has 0 atom stereocenters. The molecule has 0 bridgehead atoms. The highest BCUT2D eigenvalue weighted by Crippen LogP contribution is 2.31. The van der Waals surface area contributed by atoms with E-state index in [1.54, 1.807) is 23.1 Å². The first-order valence-corrected chi connectivity index (χ1v) is 6.42. The minimum Gasteiger partial charge on any atom is -0.292 e. The third-order valence-corrected chi connectivity index (χ3v) is 3.71. The fraction of sp³-hybridized carbons (Fsp3) is 0.333. The number of nitrogens with two attached hydrogens (primary N) is 1. The van der Waals surface area contributed by atoms with Crippen LogP contribution in [0, 0.1) is 6.92 Å². The molecular weight excluding hydrogens is 228 g/mol. The molecule has 0 aliphatic rings. The smallest absolute Gasteiger partial charge is 0.239 e. The number of aromatic nitrogens is 2. The van der Waals surface area contributed by atoms with Crippen molar-refractivity contribution in [3.05, 3.63) is 10.9 Å². The Hall–Kier alpha value is -0.850. The van der Waals surface area contributed by atoms with Crippen molar-refractivity contribution in [3.8, 4) is 0 Å². The van der Waals surface area contributed by atoms with E-state index in [0.29, 0.717) is 5.95 Å². The van der Waals surface area contributed by atoms with E-state index in [-0.39, 0.29) is 0 Å². The quantitative estimate of drug-likeness (QED) is 0.373. The largest absolute Gasteiger partial charge is 0.292 e. The lowest BCUT2D eigenvalue weighted by Crippen LogP contribution is -2.10. The summed E-state index contributed by atoms with van der Waals surface area (Å²) >= 11 is 3.37. The summed E-state index contributed by atoms with van der Waals surface area (Å²) in [6, 6.07) is 2.12. The number of hydrogen-bond donors (Lipinski definition) is 2. The van der Waals surface area contributed by atoms with Crippen LogP contribution in [0.1, 0.15) is 11.8 Å². The van der Waals surface area contributed by atoms with E-state index in [9.17, 15) is 0 Å². The van der Waals surface area contributed by atoms with Gasteiger partial charge in [0.2, 0.25) is 5.95 Å². The van der Waals surface area contributed by atoms with Crippen LogP contribution in [0.5, 0.6) is 0 Å². The molecule has 3 N–H and O–H groups in total. The Morgan fingerprint density at radius 3 is 3.00 bits per heavy atom. The summed E-state index contributed by atoms with van der Waals surface area (Å²) in [6.07, 6.45) is 0. The Kier molecular flexibility index (Phi) is 3.08. The molecule has 80 valence electrons. The molecule has 2 rings (SSSR count). The number of nitrogen functional groups attached to an aromatic ring is 1.